The molecule has 1 aromatic carbocycles. The van der Waals surface area contributed by atoms with E-state index in [4.69, 9.17) is 21.7 Å². The van der Waals surface area contributed by atoms with E-state index in [-0.39, 0.29) is 17.4 Å². The van der Waals surface area contributed by atoms with E-state index in [0.29, 0.717) is 53.9 Å². The van der Waals surface area contributed by atoms with Crippen molar-refractivity contribution in [1.29, 1.82) is 0 Å². The Morgan fingerprint density at radius 2 is 1.88 bits per heavy atom. The van der Waals surface area contributed by atoms with Gasteiger partial charge < -0.3 is 19.7 Å². The molecule has 10 heteroatoms. The molecule has 0 spiro atoms. The largest absolute Gasteiger partial charge is 0.492 e. The SMILES string of the molecule is CC(C)CCOC(=O)CC1C(=O)NCCN1C(=S)NC(=O)c1ccc(OCCC(C)C)c(Br)c1. The van der Waals surface area contributed by atoms with Crippen molar-refractivity contribution in [1.82, 2.24) is 15.5 Å². The summed E-state index contributed by atoms with van der Waals surface area (Å²) in [6, 6.07) is 4.21. The molecule has 2 amide bonds. The average molecular weight is 557 g/mol. The molecule has 1 atom stereocenters. The molecule has 34 heavy (non-hydrogen) atoms. The van der Waals surface area contributed by atoms with Gasteiger partial charge in [-0.05, 0) is 71.0 Å². The summed E-state index contributed by atoms with van der Waals surface area (Å²) < 4.78 is 11.7. The van der Waals surface area contributed by atoms with Gasteiger partial charge in [0.25, 0.3) is 5.91 Å². The van der Waals surface area contributed by atoms with E-state index in [1.807, 2.05) is 13.8 Å². The second-order valence-corrected chi connectivity index (χ2v) is 10.3. The quantitative estimate of drug-likeness (QED) is 0.335. The first kappa shape index (κ1) is 28.0. The second-order valence-electron chi connectivity index (χ2n) is 9.04. The smallest absolute Gasteiger partial charge is 0.308 e. The van der Waals surface area contributed by atoms with Crippen molar-refractivity contribution in [2.45, 2.75) is 53.0 Å². The Labute approximate surface area is 215 Å². The number of nitrogens with one attached hydrogen (secondary N) is 2. The van der Waals surface area contributed by atoms with Gasteiger partial charge in [0.05, 0.1) is 24.1 Å². The molecule has 1 aliphatic rings. The van der Waals surface area contributed by atoms with Gasteiger partial charge in [-0.2, -0.15) is 0 Å². The van der Waals surface area contributed by atoms with Crippen LogP contribution in [0.2, 0.25) is 0 Å². The van der Waals surface area contributed by atoms with E-state index in [9.17, 15) is 14.4 Å². The zero-order valence-corrected chi connectivity index (χ0v) is 22.6. The van der Waals surface area contributed by atoms with Gasteiger partial charge in [-0.15, -0.1) is 0 Å². The lowest BCUT2D eigenvalue weighted by Crippen LogP contribution is -2.60. The lowest BCUT2D eigenvalue weighted by atomic mass is 10.1. The van der Waals surface area contributed by atoms with Crippen molar-refractivity contribution in [2.75, 3.05) is 26.3 Å². The highest BCUT2D eigenvalue weighted by Crippen LogP contribution is 2.26. The monoisotopic (exact) mass is 555 g/mol. The van der Waals surface area contributed by atoms with Crippen LogP contribution in [0.1, 0.15) is 57.3 Å². The Morgan fingerprint density at radius 3 is 2.53 bits per heavy atom. The summed E-state index contributed by atoms with van der Waals surface area (Å²) in [5, 5.41) is 5.51. The fourth-order valence-electron chi connectivity index (χ4n) is 3.19. The van der Waals surface area contributed by atoms with E-state index in [1.165, 1.54) is 0 Å². The van der Waals surface area contributed by atoms with Gasteiger partial charge in [-0.25, -0.2) is 0 Å². The molecule has 0 saturated carbocycles. The van der Waals surface area contributed by atoms with Gasteiger partial charge in [-0.1, -0.05) is 27.7 Å². The van der Waals surface area contributed by atoms with Crippen molar-refractivity contribution in [2.24, 2.45) is 11.8 Å². The van der Waals surface area contributed by atoms with Crippen LogP contribution in [0.25, 0.3) is 0 Å². The third-order valence-corrected chi connectivity index (χ3v) is 6.23. The highest BCUT2D eigenvalue weighted by atomic mass is 79.9. The van der Waals surface area contributed by atoms with E-state index in [2.05, 4.69) is 40.4 Å². The third-order valence-electron chi connectivity index (χ3n) is 5.28. The molecule has 1 unspecified atom stereocenters. The van der Waals surface area contributed by atoms with Crippen LogP contribution in [0.4, 0.5) is 0 Å². The summed E-state index contributed by atoms with van der Waals surface area (Å²) in [5.41, 5.74) is 0.386. The lowest BCUT2D eigenvalue weighted by molar-refractivity contribution is -0.147. The van der Waals surface area contributed by atoms with Crippen LogP contribution in [-0.2, 0) is 14.3 Å². The predicted octanol–water partition coefficient (Wildman–Crippen LogP) is 3.67. The number of carbonyl (C=O) groups excluding carboxylic acids is 3. The predicted molar refractivity (Wildman–Crippen MR) is 138 cm³/mol. The lowest BCUT2D eigenvalue weighted by Gasteiger charge is -2.36. The van der Waals surface area contributed by atoms with Crippen LogP contribution >= 0.6 is 28.1 Å². The molecule has 2 N–H and O–H groups in total. The van der Waals surface area contributed by atoms with Crippen molar-refractivity contribution < 1.29 is 23.9 Å². The normalized spacial score (nSPS) is 15.8. The molecule has 1 aromatic rings. The Bertz CT molecular complexity index is 893. The highest BCUT2D eigenvalue weighted by Gasteiger charge is 2.34. The summed E-state index contributed by atoms with van der Waals surface area (Å²) >= 11 is 8.87. The van der Waals surface area contributed by atoms with E-state index < -0.39 is 17.9 Å². The first-order valence-electron chi connectivity index (χ1n) is 11.6. The molecule has 188 valence electrons. The van der Waals surface area contributed by atoms with Crippen LogP contribution in [0, 0.1) is 11.8 Å². The Balaban J connectivity index is 1.98. The highest BCUT2D eigenvalue weighted by molar-refractivity contribution is 9.10. The molecular formula is C24H34BrN3O5S. The first-order chi connectivity index (χ1) is 16.1. The maximum absolute atomic E-state index is 12.8. The molecule has 0 radical (unpaired) electrons. The van der Waals surface area contributed by atoms with E-state index in [0.717, 1.165) is 12.8 Å². The van der Waals surface area contributed by atoms with Crippen molar-refractivity contribution in [3.8, 4) is 5.75 Å². The van der Waals surface area contributed by atoms with Crippen LogP contribution < -0.4 is 15.4 Å². The number of ether oxygens (including phenoxy) is 2. The van der Waals surface area contributed by atoms with Crippen LogP contribution in [0.15, 0.2) is 22.7 Å². The van der Waals surface area contributed by atoms with Gasteiger partial charge in [0.1, 0.15) is 11.8 Å². The van der Waals surface area contributed by atoms with Crippen molar-refractivity contribution in [3.63, 3.8) is 0 Å². The molecular weight excluding hydrogens is 522 g/mol. The Kier molecular flexibility index (Phi) is 11.2. The van der Waals surface area contributed by atoms with Crippen LogP contribution in [0.5, 0.6) is 5.75 Å². The van der Waals surface area contributed by atoms with Gasteiger partial charge in [0.2, 0.25) is 5.91 Å². The van der Waals surface area contributed by atoms with Gasteiger partial charge in [0, 0.05) is 18.7 Å². The number of halogens is 1. The number of nitrogens with zero attached hydrogens (tertiary/aromatic N) is 1. The van der Waals surface area contributed by atoms with Crippen LogP contribution in [-0.4, -0.2) is 60.1 Å². The number of piperazine rings is 1. The summed E-state index contributed by atoms with van der Waals surface area (Å²) in [6.45, 7) is 9.96. The number of hydrogen-bond acceptors (Lipinski definition) is 6. The number of hydrogen-bond donors (Lipinski definition) is 2. The maximum Gasteiger partial charge on any atom is 0.308 e. The molecule has 1 aliphatic heterocycles. The summed E-state index contributed by atoms with van der Waals surface area (Å²) in [4.78, 5) is 39.1. The van der Waals surface area contributed by atoms with Crippen LogP contribution in [0.3, 0.4) is 0 Å². The number of benzene rings is 1. The van der Waals surface area contributed by atoms with Gasteiger partial charge >= 0.3 is 5.97 Å². The fraction of sp³-hybridized carbons (Fsp3) is 0.583. The minimum atomic E-state index is -0.837. The summed E-state index contributed by atoms with van der Waals surface area (Å²) in [7, 11) is 0. The Hall–Kier alpha value is -2.20. The standard InChI is InChI=1S/C24H34BrN3O5S/c1-15(2)7-11-32-20-6-5-17(13-18(20)25)22(30)27-24(34)28-10-9-26-23(31)19(28)14-21(29)33-12-8-16(3)4/h5-6,13,15-16,19H,7-12,14H2,1-4H3,(H,26,31)(H,27,30,34). The molecule has 1 fully saturated rings. The number of rotatable bonds is 10. The van der Waals surface area contributed by atoms with E-state index >= 15 is 0 Å². The third kappa shape index (κ3) is 8.87. The maximum atomic E-state index is 12.8. The zero-order valence-electron chi connectivity index (χ0n) is 20.2. The minimum absolute atomic E-state index is 0.0909. The molecule has 0 bridgehead atoms. The first-order valence-corrected chi connectivity index (χ1v) is 12.8. The number of thiocarbonyl (C=S) groups is 1. The molecule has 1 saturated heterocycles. The average Bonchev–Trinajstić information content (AvgIpc) is 2.75. The number of esters is 1. The van der Waals surface area contributed by atoms with Crippen molar-refractivity contribution in [3.05, 3.63) is 28.2 Å². The Morgan fingerprint density at radius 1 is 1.21 bits per heavy atom. The van der Waals surface area contributed by atoms with E-state index in [1.54, 1.807) is 23.1 Å². The number of amides is 2. The van der Waals surface area contributed by atoms with Crippen molar-refractivity contribution >= 4 is 51.0 Å². The molecule has 1 heterocycles. The topological polar surface area (TPSA) is 97.0 Å². The molecule has 0 aliphatic carbocycles. The second kappa shape index (κ2) is 13.6. The van der Waals surface area contributed by atoms with Gasteiger partial charge in [0.15, 0.2) is 5.11 Å². The fourth-order valence-corrected chi connectivity index (χ4v) is 4.00. The summed E-state index contributed by atoms with van der Waals surface area (Å²) in [6.07, 6.45) is 1.53. The molecule has 2 rings (SSSR count). The molecule has 0 aromatic heterocycles. The molecule has 8 nitrogen and oxygen atoms in total. The minimum Gasteiger partial charge on any atom is -0.492 e. The summed E-state index contributed by atoms with van der Waals surface area (Å²) in [5.74, 6) is 0.388. The number of carbonyl (C=O) groups is 3. The van der Waals surface area contributed by atoms with Gasteiger partial charge in [-0.3, -0.25) is 19.7 Å². The zero-order chi connectivity index (χ0) is 25.3.